The number of ketones is 1. The van der Waals surface area contributed by atoms with Crippen molar-refractivity contribution in [3.63, 3.8) is 0 Å². The quantitative estimate of drug-likeness (QED) is 0.428. The van der Waals surface area contributed by atoms with E-state index in [1.54, 1.807) is 0 Å². The molecule has 29 heavy (non-hydrogen) atoms. The number of fused-ring (bicyclic) bond motifs is 1. The lowest BCUT2D eigenvalue weighted by Gasteiger charge is -2.09. The van der Waals surface area contributed by atoms with Gasteiger partial charge in [-0.2, -0.15) is 18.3 Å². The molecule has 0 saturated heterocycles. The first-order chi connectivity index (χ1) is 13.4. The van der Waals surface area contributed by atoms with E-state index >= 15 is 0 Å². The maximum absolute atomic E-state index is 12.9. The maximum atomic E-state index is 12.9. The van der Waals surface area contributed by atoms with Crippen molar-refractivity contribution >= 4 is 33.2 Å². The summed E-state index contributed by atoms with van der Waals surface area (Å²) in [5.74, 6) is -2.91. The molecule has 0 bridgehead atoms. The summed E-state index contributed by atoms with van der Waals surface area (Å²) in [5.41, 5.74) is 2.88. The Morgan fingerprint density at radius 3 is 2.48 bits per heavy atom. The Labute approximate surface area is 163 Å². The number of carboxylic acid groups (broad SMARTS) is 1. The molecule has 1 atom stereocenters. The molecule has 2 heterocycles. The molecule has 152 valence electrons. The Morgan fingerprint density at radius 2 is 1.93 bits per heavy atom. The Morgan fingerprint density at radius 1 is 1.28 bits per heavy atom. The second-order valence-electron chi connectivity index (χ2n) is 6.04. The van der Waals surface area contributed by atoms with Crippen LogP contribution >= 0.6 is 11.3 Å². The number of carbonyl (C=O) groups excluding carboxylic acids is 1. The molecular formula is C17H12F3N3O5S. The highest BCUT2D eigenvalue weighted by Crippen LogP contribution is 2.34. The third-order valence-corrected chi connectivity index (χ3v) is 5.09. The van der Waals surface area contributed by atoms with Crippen molar-refractivity contribution in [1.29, 1.82) is 0 Å². The van der Waals surface area contributed by atoms with Gasteiger partial charge < -0.3 is 15.9 Å². The molecule has 3 rings (SSSR count). The molecule has 1 aromatic carbocycles. The smallest absolute Gasteiger partial charge is 0.435 e. The number of benzene rings is 1. The molecule has 0 radical (unpaired) electrons. The SMILES string of the molecule is Cn1nc(C(F)(F)F)cc1-c1ccc2c(=O)c(C(=O)C(N)C(=O)O)c(O)sc2c1. The number of halogens is 3. The zero-order valence-electron chi connectivity index (χ0n) is 14.5. The fraction of sp³-hybridized carbons (Fsp3) is 0.176. The summed E-state index contributed by atoms with van der Waals surface area (Å²) in [4.78, 5) is 35.6. The van der Waals surface area contributed by atoms with Crippen LogP contribution in [-0.4, -0.2) is 37.8 Å². The number of alkyl halides is 3. The third-order valence-electron chi connectivity index (χ3n) is 4.13. The highest BCUT2D eigenvalue weighted by molar-refractivity contribution is 7.20. The van der Waals surface area contributed by atoms with Crippen LogP contribution < -0.4 is 11.2 Å². The molecule has 0 aliphatic rings. The predicted molar refractivity (Wildman–Crippen MR) is 96.9 cm³/mol. The van der Waals surface area contributed by atoms with Gasteiger partial charge in [-0.05, 0) is 18.2 Å². The zero-order chi connectivity index (χ0) is 21.7. The number of nitrogens with two attached hydrogens (primary N) is 1. The van der Waals surface area contributed by atoms with Crippen LogP contribution in [0.2, 0.25) is 0 Å². The number of carboxylic acids is 1. The molecule has 0 saturated carbocycles. The molecule has 12 heteroatoms. The van der Waals surface area contributed by atoms with Crippen LogP contribution in [0.15, 0.2) is 29.1 Å². The second-order valence-corrected chi connectivity index (χ2v) is 7.07. The Bertz CT molecular complexity index is 1220. The van der Waals surface area contributed by atoms with E-state index in [1.165, 1.54) is 25.2 Å². The molecule has 3 aromatic rings. The van der Waals surface area contributed by atoms with Gasteiger partial charge >= 0.3 is 12.1 Å². The first-order valence-electron chi connectivity index (χ1n) is 7.86. The van der Waals surface area contributed by atoms with Gasteiger partial charge in [-0.3, -0.25) is 19.1 Å². The molecular weight excluding hydrogens is 415 g/mol. The average Bonchev–Trinajstić information content (AvgIpc) is 3.02. The summed E-state index contributed by atoms with van der Waals surface area (Å²) in [5, 5.41) is 21.6. The zero-order valence-corrected chi connectivity index (χ0v) is 15.3. The molecule has 0 amide bonds. The lowest BCUT2D eigenvalue weighted by molar-refractivity contribution is -0.141. The second kappa shape index (κ2) is 6.97. The summed E-state index contributed by atoms with van der Waals surface area (Å²) in [6, 6.07) is 2.81. The lowest BCUT2D eigenvalue weighted by atomic mass is 10.0. The van der Waals surface area contributed by atoms with Crippen LogP contribution in [0, 0.1) is 0 Å². The Hall–Kier alpha value is -3.25. The minimum atomic E-state index is -4.63. The lowest BCUT2D eigenvalue weighted by Crippen LogP contribution is -2.40. The molecule has 8 nitrogen and oxygen atoms in total. The van der Waals surface area contributed by atoms with Gasteiger partial charge in [0.05, 0.1) is 5.69 Å². The van der Waals surface area contributed by atoms with Gasteiger partial charge in [-0.1, -0.05) is 17.4 Å². The maximum Gasteiger partial charge on any atom is 0.435 e. The predicted octanol–water partition coefficient (Wildman–Crippen LogP) is 1.98. The molecule has 4 N–H and O–H groups in total. The fourth-order valence-electron chi connectivity index (χ4n) is 2.70. The largest absolute Gasteiger partial charge is 0.499 e. The summed E-state index contributed by atoms with van der Waals surface area (Å²) in [6.45, 7) is 0. The van der Waals surface area contributed by atoms with Gasteiger partial charge in [0.1, 0.15) is 5.56 Å². The number of Topliss-reactive ketones (excluding diaryl/α,β-unsaturated/α-hetero) is 1. The summed E-state index contributed by atoms with van der Waals surface area (Å²) in [7, 11) is 1.32. The van der Waals surface area contributed by atoms with Gasteiger partial charge in [0.15, 0.2) is 22.6 Å². The summed E-state index contributed by atoms with van der Waals surface area (Å²) >= 11 is 0.601. The van der Waals surface area contributed by atoms with Gasteiger partial charge in [-0.25, -0.2) is 0 Å². The van der Waals surface area contributed by atoms with Crippen molar-refractivity contribution in [3.05, 3.63) is 45.7 Å². The van der Waals surface area contributed by atoms with Crippen LogP contribution in [0.5, 0.6) is 5.06 Å². The first-order valence-corrected chi connectivity index (χ1v) is 8.67. The molecule has 0 fully saturated rings. The van der Waals surface area contributed by atoms with Crippen molar-refractivity contribution in [1.82, 2.24) is 9.78 Å². The van der Waals surface area contributed by atoms with Crippen molar-refractivity contribution < 1.29 is 33.0 Å². The normalized spacial score (nSPS) is 12.9. The van der Waals surface area contributed by atoms with E-state index in [0.717, 1.165) is 10.7 Å². The number of rotatable bonds is 4. The number of hydrogen-bond acceptors (Lipinski definition) is 7. The van der Waals surface area contributed by atoms with Crippen LogP contribution in [0.25, 0.3) is 21.3 Å². The van der Waals surface area contributed by atoms with Crippen LogP contribution in [-0.2, 0) is 18.0 Å². The van der Waals surface area contributed by atoms with Crippen molar-refractivity contribution in [2.24, 2.45) is 12.8 Å². The van der Waals surface area contributed by atoms with E-state index in [0.29, 0.717) is 16.9 Å². The number of aromatic nitrogens is 2. The van der Waals surface area contributed by atoms with E-state index < -0.39 is 45.7 Å². The average molecular weight is 427 g/mol. The molecule has 0 aliphatic heterocycles. The van der Waals surface area contributed by atoms with E-state index in [4.69, 9.17) is 10.8 Å². The Kier molecular flexibility index (Phi) is 4.92. The molecule has 0 aliphatic carbocycles. The fourth-order valence-corrected chi connectivity index (χ4v) is 3.66. The number of aryl methyl sites for hydroxylation is 1. The standard InChI is InChI=1S/C17H12F3N3O5S/c1-23-8(5-10(22-23)17(18,19)20)6-2-3-7-9(4-6)29-16(28)11(13(7)24)14(25)12(21)15(26)27/h2-5,12,28H,21H2,1H3,(H,26,27). The number of carbonyl (C=O) groups is 2. The topological polar surface area (TPSA) is 136 Å². The molecule has 1 unspecified atom stereocenters. The van der Waals surface area contributed by atoms with Crippen molar-refractivity contribution in [3.8, 4) is 16.3 Å². The number of aromatic hydroxyl groups is 1. The van der Waals surface area contributed by atoms with Gasteiger partial charge in [0.2, 0.25) is 5.43 Å². The minimum Gasteiger partial charge on any atom is -0.499 e. The molecule has 0 spiro atoms. The van der Waals surface area contributed by atoms with Gasteiger partial charge in [-0.15, -0.1) is 0 Å². The highest BCUT2D eigenvalue weighted by Gasteiger charge is 2.35. The number of aliphatic carboxylic acids is 1. The van der Waals surface area contributed by atoms with E-state index in [1.807, 2.05) is 0 Å². The van der Waals surface area contributed by atoms with E-state index in [-0.39, 0.29) is 15.8 Å². The van der Waals surface area contributed by atoms with Crippen molar-refractivity contribution in [2.45, 2.75) is 12.2 Å². The Balaban J connectivity index is 2.15. The van der Waals surface area contributed by atoms with Crippen molar-refractivity contribution in [2.75, 3.05) is 0 Å². The minimum absolute atomic E-state index is 0.0179. The number of nitrogens with zero attached hydrogens (tertiary/aromatic N) is 2. The summed E-state index contributed by atoms with van der Waals surface area (Å²) < 4.78 is 39.8. The summed E-state index contributed by atoms with van der Waals surface area (Å²) in [6.07, 6.45) is -4.63. The van der Waals surface area contributed by atoms with Gasteiger partial charge in [0, 0.05) is 22.7 Å². The first kappa shape index (κ1) is 20.5. The van der Waals surface area contributed by atoms with Gasteiger partial charge in [0.25, 0.3) is 0 Å². The molecule has 2 aromatic heterocycles. The number of hydrogen-bond donors (Lipinski definition) is 3. The van der Waals surface area contributed by atoms with E-state index in [9.17, 15) is 32.7 Å². The van der Waals surface area contributed by atoms with Crippen LogP contribution in [0.1, 0.15) is 16.1 Å². The monoisotopic (exact) mass is 427 g/mol. The van der Waals surface area contributed by atoms with E-state index in [2.05, 4.69) is 5.10 Å². The highest BCUT2D eigenvalue weighted by atomic mass is 32.1. The van der Waals surface area contributed by atoms with Crippen LogP contribution in [0.4, 0.5) is 13.2 Å². The third kappa shape index (κ3) is 3.59. The van der Waals surface area contributed by atoms with Crippen LogP contribution in [0.3, 0.4) is 0 Å².